The highest BCUT2D eigenvalue weighted by molar-refractivity contribution is 4.78. The summed E-state index contributed by atoms with van der Waals surface area (Å²) in [5, 5.41) is 0. The minimum Gasteiger partial charge on any atom is -0.300 e. The summed E-state index contributed by atoms with van der Waals surface area (Å²) in [5.41, 5.74) is 0. The monoisotopic (exact) mass is 183 g/mol. The van der Waals surface area contributed by atoms with E-state index < -0.39 is 0 Å². The van der Waals surface area contributed by atoms with Crippen molar-refractivity contribution >= 4 is 0 Å². The molecule has 0 saturated carbocycles. The number of hydrogen-bond donors (Lipinski definition) is 0. The first kappa shape index (κ1) is 11.0. The molecule has 0 N–H and O–H groups in total. The maximum absolute atomic E-state index is 2.68. The number of hydrogen-bond acceptors (Lipinski definition) is 1. The summed E-state index contributed by atoms with van der Waals surface area (Å²) in [7, 11) is 0. The van der Waals surface area contributed by atoms with Gasteiger partial charge in [0.15, 0.2) is 0 Å². The van der Waals surface area contributed by atoms with E-state index in [-0.39, 0.29) is 0 Å². The fraction of sp³-hybridized carbons (Fsp3) is 1.00. The zero-order valence-electron chi connectivity index (χ0n) is 9.71. The predicted octanol–water partition coefficient (Wildman–Crippen LogP) is 3.15. The van der Waals surface area contributed by atoms with Crippen LogP contribution >= 0.6 is 0 Å². The highest BCUT2D eigenvalue weighted by Crippen LogP contribution is 2.23. The second-order valence-electron chi connectivity index (χ2n) is 5.04. The molecule has 13 heavy (non-hydrogen) atoms. The van der Waals surface area contributed by atoms with Gasteiger partial charge in [-0.05, 0) is 31.6 Å². The van der Waals surface area contributed by atoms with Gasteiger partial charge in [0.1, 0.15) is 0 Å². The van der Waals surface area contributed by atoms with E-state index >= 15 is 0 Å². The molecule has 1 fully saturated rings. The molecule has 0 aromatic carbocycles. The van der Waals surface area contributed by atoms with Crippen LogP contribution < -0.4 is 0 Å². The smallest absolute Gasteiger partial charge is 0.00670 e. The summed E-state index contributed by atoms with van der Waals surface area (Å²) >= 11 is 0. The normalized spacial score (nSPS) is 33.2. The summed E-state index contributed by atoms with van der Waals surface area (Å²) in [5.74, 6) is 1.81. The van der Waals surface area contributed by atoms with Crippen molar-refractivity contribution in [2.45, 2.75) is 53.0 Å². The Balaban J connectivity index is 2.40. The Morgan fingerprint density at radius 3 is 2.23 bits per heavy atom. The van der Waals surface area contributed by atoms with Gasteiger partial charge in [-0.3, -0.25) is 0 Å². The SMILES string of the molecule is CCCC(C)N1C[C@@H](C)C[C@H](C)C1. The van der Waals surface area contributed by atoms with Crippen molar-refractivity contribution in [3.8, 4) is 0 Å². The molecular formula is C12H25N. The summed E-state index contributed by atoms with van der Waals surface area (Å²) in [6.07, 6.45) is 4.11. The molecule has 1 heterocycles. The number of nitrogens with zero attached hydrogens (tertiary/aromatic N) is 1. The van der Waals surface area contributed by atoms with Gasteiger partial charge >= 0.3 is 0 Å². The zero-order chi connectivity index (χ0) is 9.84. The van der Waals surface area contributed by atoms with Gasteiger partial charge in [-0.2, -0.15) is 0 Å². The lowest BCUT2D eigenvalue weighted by Gasteiger charge is -2.38. The third-order valence-electron chi connectivity index (χ3n) is 3.23. The van der Waals surface area contributed by atoms with E-state index in [0.717, 1.165) is 17.9 Å². The van der Waals surface area contributed by atoms with Gasteiger partial charge in [0, 0.05) is 19.1 Å². The van der Waals surface area contributed by atoms with Crippen LogP contribution in [0.3, 0.4) is 0 Å². The molecule has 1 saturated heterocycles. The molecule has 78 valence electrons. The van der Waals surface area contributed by atoms with E-state index in [4.69, 9.17) is 0 Å². The van der Waals surface area contributed by atoms with E-state index in [1.54, 1.807) is 0 Å². The second kappa shape index (κ2) is 4.99. The lowest BCUT2D eigenvalue weighted by atomic mass is 9.90. The van der Waals surface area contributed by atoms with Crippen LogP contribution in [0.15, 0.2) is 0 Å². The Bertz CT molecular complexity index is 134. The molecule has 0 spiro atoms. The van der Waals surface area contributed by atoms with Crippen molar-refractivity contribution in [3.63, 3.8) is 0 Å². The Morgan fingerprint density at radius 2 is 1.77 bits per heavy atom. The molecule has 0 amide bonds. The molecule has 1 heteroatoms. The Kier molecular flexibility index (Phi) is 4.24. The lowest BCUT2D eigenvalue weighted by molar-refractivity contribution is 0.0984. The summed E-state index contributed by atoms with van der Waals surface area (Å²) in [6.45, 7) is 12.1. The minimum atomic E-state index is 0.801. The van der Waals surface area contributed by atoms with Crippen LogP contribution in [0.4, 0.5) is 0 Å². The third-order valence-corrected chi connectivity index (χ3v) is 3.23. The standard InChI is InChI=1S/C12H25N/c1-5-6-12(4)13-8-10(2)7-11(3)9-13/h10-12H,5-9H2,1-4H3/t10-,11-,12?/m0/s1. The highest BCUT2D eigenvalue weighted by atomic mass is 15.2. The molecule has 0 aromatic rings. The Hall–Kier alpha value is -0.0400. The van der Waals surface area contributed by atoms with Crippen molar-refractivity contribution in [3.05, 3.63) is 0 Å². The minimum absolute atomic E-state index is 0.801. The van der Waals surface area contributed by atoms with Crippen LogP contribution in [0, 0.1) is 11.8 Å². The average Bonchev–Trinajstić information content (AvgIpc) is 2.03. The first-order valence-electron chi connectivity index (χ1n) is 5.87. The molecule has 0 bridgehead atoms. The van der Waals surface area contributed by atoms with Crippen molar-refractivity contribution < 1.29 is 0 Å². The molecule has 1 aliphatic heterocycles. The average molecular weight is 183 g/mol. The van der Waals surface area contributed by atoms with E-state index in [2.05, 4.69) is 32.6 Å². The van der Waals surface area contributed by atoms with Crippen molar-refractivity contribution in [2.24, 2.45) is 11.8 Å². The predicted molar refractivity (Wildman–Crippen MR) is 58.9 cm³/mol. The van der Waals surface area contributed by atoms with Crippen molar-refractivity contribution in [1.82, 2.24) is 4.90 Å². The quantitative estimate of drug-likeness (QED) is 0.649. The van der Waals surface area contributed by atoms with Gasteiger partial charge in [0.05, 0.1) is 0 Å². The number of rotatable bonds is 3. The van der Waals surface area contributed by atoms with Gasteiger partial charge in [-0.25, -0.2) is 0 Å². The van der Waals surface area contributed by atoms with E-state index in [1.807, 2.05) is 0 Å². The van der Waals surface area contributed by atoms with Crippen LogP contribution in [0.1, 0.15) is 47.0 Å². The van der Waals surface area contributed by atoms with Crippen LogP contribution in [0.25, 0.3) is 0 Å². The molecule has 0 aromatic heterocycles. The maximum Gasteiger partial charge on any atom is 0.00670 e. The van der Waals surface area contributed by atoms with Crippen LogP contribution in [-0.2, 0) is 0 Å². The fourth-order valence-corrected chi connectivity index (χ4v) is 2.67. The van der Waals surface area contributed by atoms with E-state index in [9.17, 15) is 0 Å². The van der Waals surface area contributed by atoms with Crippen LogP contribution in [0.2, 0.25) is 0 Å². The molecule has 1 rings (SSSR count). The van der Waals surface area contributed by atoms with Crippen molar-refractivity contribution in [1.29, 1.82) is 0 Å². The summed E-state index contributed by atoms with van der Waals surface area (Å²) in [4.78, 5) is 2.68. The van der Waals surface area contributed by atoms with E-state index in [0.29, 0.717) is 0 Å². The van der Waals surface area contributed by atoms with E-state index in [1.165, 1.54) is 32.4 Å². The first-order chi connectivity index (χ1) is 6.13. The molecule has 1 unspecified atom stereocenters. The summed E-state index contributed by atoms with van der Waals surface area (Å²) < 4.78 is 0. The molecule has 3 atom stereocenters. The molecule has 0 radical (unpaired) electrons. The van der Waals surface area contributed by atoms with Gasteiger partial charge in [-0.1, -0.05) is 27.2 Å². The van der Waals surface area contributed by atoms with Crippen LogP contribution in [-0.4, -0.2) is 24.0 Å². The second-order valence-corrected chi connectivity index (χ2v) is 5.04. The molecule has 1 nitrogen and oxygen atoms in total. The Labute approximate surface area is 83.5 Å². The van der Waals surface area contributed by atoms with Gasteiger partial charge in [0.25, 0.3) is 0 Å². The fourth-order valence-electron chi connectivity index (χ4n) is 2.67. The Morgan fingerprint density at radius 1 is 1.23 bits per heavy atom. The van der Waals surface area contributed by atoms with Crippen molar-refractivity contribution in [2.75, 3.05) is 13.1 Å². The van der Waals surface area contributed by atoms with Gasteiger partial charge in [0.2, 0.25) is 0 Å². The number of piperidine rings is 1. The largest absolute Gasteiger partial charge is 0.300 e. The molecule has 1 aliphatic rings. The first-order valence-corrected chi connectivity index (χ1v) is 5.87. The summed E-state index contributed by atoms with van der Waals surface area (Å²) in [6, 6.07) is 0.801. The zero-order valence-corrected chi connectivity index (χ0v) is 9.71. The topological polar surface area (TPSA) is 3.24 Å². The lowest BCUT2D eigenvalue weighted by Crippen LogP contribution is -2.43. The van der Waals surface area contributed by atoms with Crippen LogP contribution in [0.5, 0.6) is 0 Å². The highest BCUT2D eigenvalue weighted by Gasteiger charge is 2.24. The molecular weight excluding hydrogens is 158 g/mol. The van der Waals surface area contributed by atoms with Gasteiger partial charge < -0.3 is 4.90 Å². The maximum atomic E-state index is 2.68. The van der Waals surface area contributed by atoms with Gasteiger partial charge in [-0.15, -0.1) is 0 Å². The number of likely N-dealkylation sites (tertiary alicyclic amines) is 1. The third kappa shape index (κ3) is 3.30. The molecule has 0 aliphatic carbocycles.